The fourth-order valence-electron chi connectivity index (χ4n) is 2.43. The van der Waals surface area contributed by atoms with E-state index in [0.29, 0.717) is 37.3 Å². The van der Waals surface area contributed by atoms with Gasteiger partial charge in [0.05, 0.1) is 19.9 Å². The van der Waals surface area contributed by atoms with Crippen molar-refractivity contribution in [3.8, 4) is 11.5 Å². The summed E-state index contributed by atoms with van der Waals surface area (Å²) in [7, 11) is 4.85. The Morgan fingerprint density at radius 3 is 2.46 bits per heavy atom. The number of rotatable bonds is 6. The highest BCUT2D eigenvalue weighted by molar-refractivity contribution is 9.10. The molecule has 3 rings (SSSR count). The van der Waals surface area contributed by atoms with Crippen molar-refractivity contribution in [2.45, 2.75) is 10.1 Å². The van der Waals surface area contributed by atoms with E-state index >= 15 is 0 Å². The summed E-state index contributed by atoms with van der Waals surface area (Å²) in [5.41, 5.74) is 0.660. The number of nitrogens with one attached hydrogen (secondary N) is 1. The number of imidazole rings is 1. The van der Waals surface area contributed by atoms with Crippen molar-refractivity contribution in [3.05, 3.63) is 58.6 Å². The Morgan fingerprint density at radius 1 is 1.21 bits per heavy atom. The van der Waals surface area contributed by atoms with Crippen molar-refractivity contribution in [3.63, 3.8) is 0 Å². The predicted molar refractivity (Wildman–Crippen MR) is 109 cm³/mol. The monoisotopic (exact) mass is 465 g/mol. The summed E-state index contributed by atoms with van der Waals surface area (Å²) in [6.07, 6.45) is 3.48. The number of ether oxygens (including phenoxy) is 2. The van der Waals surface area contributed by atoms with Crippen LogP contribution in [0, 0.1) is 5.82 Å². The van der Waals surface area contributed by atoms with E-state index in [4.69, 9.17) is 9.47 Å². The van der Waals surface area contributed by atoms with Gasteiger partial charge in [-0.1, -0.05) is 0 Å². The fraction of sp³-hybridized carbons (Fsp3) is 0.158. The molecule has 0 aliphatic carbocycles. The second-order valence-electron chi connectivity index (χ2n) is 5.71. The largest absolute Gasteiger partial charge is 0.495 e. The zero-order valence-corrected chi connectivity index (χ0v) is 17.7. The first-order valence-corrected chi connectivity index (χ1v) is 9.71. The van der Waals surface area contributed by atoms with Gasteiger partial charge >= 0.3 is 0 Å². The number of halogens is 2. The van der Waals surface area contributed by atoms with Crippen LogP contribution < -0.4 is 14.8 Å². The van der Waals surface area contributed by atoms with Crippen LogP contribution in [0.15, 0.2) is 57.3 Å². The van der Waals surface area contributed by atoms with Gasteiger partial charge < -0.3 is 19.4 Å². The average Bonchev–Trinajstić information content (AvgIpc) is 3.08. The lowest BCUT2D eigenvalue weighted by molar-refractivity contribution is 0.102. The van der Waals surface area contributed by atoms with Crippen LogP contribution in [-0.4, -0.2) is 29.7 Å². The van der Waals surface area contributed by atoms with Crippen LogP contribution in [-0.2, 0) is 7.05 Å². The summed E-state index contributed by atoms with van der Waals surface area (Å²) < 4.78 is 26.8. The molecule has 1 heterocycles. The van der Waals surface area contributed by atoms with E-state index < -0.39 is 11.7 Å². The molecule has 0 atom stereocenters. The van der Waals surface area contributed by atoms with Gasteiger partial charge in [-0.05, 0) is 58.0 Å². The molecule has 0 aliphatic rings. The zero-order valence-electron chi connectivity index (χ0n) is 15.3. The van der Waals surface area contributed by atoms with E-state index in [0.717, 1.165) is 0 Å². The van der Waals surface area contributed by atoms with E-state index in [1.54, 1.807) is 24.4 Å². The summed E-state index contributed by atoms with van der Waals surface area (Å²) in [4.78, 5) is 17.7. The van der Waals surface area contributed by atoms with E-state index in [9.17, 15) is 9.18 Å². The SMILES string of the molecule is COc1cc(C(=O)Nc2cc(F)ccc2Sc2nccn2C)cc(OC)c1Br. The van der Waals surface area contributed by atoms with Gasteiger partial charge in [0.25, 0.3) is 5.91 Å². The highest BCUT2D eigenvalue weighted by Crippen LogP contribution is 2.37. The first-order chi connectivity index (χ1) is 13.4. The summed E-state index contributed by atoms with van der Waals surface area (Å²) in [6, 6.07) is 7.37. The van der Waals surface area contributed by atoms with Crippen molar-refractivity contribution in [2.24, 2.45) is 7.05 Å². The maximum Gasteiger partial charge on any atom is 0.255 e. The Balaban J connectivity index is 1.92. The molecule has 9 heteroatoms. The minimum atomic E-state index is -0.453. The molecule has 0 bridgehead atoms. The lowest BCUT2D eigenvalue weighted by atomic mass is 10.1. The maximum absolute atomic E-state index is 13.8. The molecule has 0 unspecified atom stereocenters. The molecular formula is C19H17BrFN3O3S. The minimum absolute atomic E-state index is 0.314. The maximum atomic E-state index is 13.8. The Morgan fingerprint density at radius 2 is 1.89 bits per heavy atom. The quantitative estimate of drug-likeness (QED) is 0.569. The second-order valence-corrected chi connectivity index (χ2v) is 7.51. The molecule has 0 saturated carbocycles. The number of hydrogen-bond acceptors (Lipinski definition) is 5. The smallest absolute Gasteiger partial charge is 0.255 e. The number of nitrogens with zero attached hydrogens (tertiary/aromatic N) is 2. The molecule has 0 saturated heterocycles. The van der Waals surface area contributed by atoms with Crippen LogP contribution in [0.5, 0.6) is 11.5 Å². The molecular weight excluding hydrogens is 449 g/mol. The third-order valence-corrected chi connectivity index (χ3v) is 5.81. The number of benzene rings is 2. The zero-order chi connectivity index (χ0) is 20.3. The van der Waals surface area contributed by atoms with Crippen LogP contribution in [0.4, 0.5) is 10.1 Å². The molecule has 0 aliphatic heterocycles. The van der Waals surface area contributed by atoms with Crippen LogP contribution in [0.3, 0.4) is 0 Å². The molecule has 6 nitrogen and oxygen atoms in total. The normalized spacial score (nSPS) is 10.6. The summed E-state index contributed by atoms with van der Waals surface area (Å²) in [5.74, 6) is 0.0274. The standard InChI is InChI=1S/C19H17BrFN3O3S/c1-24-7-6-22-19(24)28-16-5-4-12(21)10-13(16)23-18(25)11-8-14(26-2)17(20)15(9-11)27-3/h4-10H,1-3H3,(H,23,25). The first kappa shape index (κ1) is 20.2. The van der Waals surface area contributed by atoms with Crippen LogP contribution in [0.25, 0.3) is 0 Å². The number of aromatic nitrogens is 2. The van der Waals surface area contributed by atoms with Crippen LogP contribution in [0.1, 0.15) is 10.4 Å². The summed E-state index contributed by atoms with van der Waals surface area (Å²) in [5, 5.41) is 3.48. The van der Waals surface area contributed by atoms with E-state index in [-0.39, 0.29) is 0 Å². The Bertz CT molecular complexity index is 1000. The van der Waals surface area contributed by atoms with Crippen LogP contribution in [0.2, 0.25) is 0 Å². The van der Waals surface area contributed by atoms with Gasteiger partial charge in [-0.25, -0.2) is 9.37 Å². The highest BCUT2D eigenvalue weighted by atomic mass is 79.9. The fourth-order valence-corrected chi connectivity index (χ4v) is 3.86. The van der Waals surface area contributed by atoms with Gasteiger partial charge in [0.2, 0.25) is 0 Å². The van der Waals surface area contributed by atoms with E-state index in [1.807, 2.05) is 17.8 Å². The van der Waals surface area contributed by atoms with Gasteiger partial charge in [-0.15, -0.1) is 0 Å². The predicted octanol–water partition coefficient (Wildman–Crippen LogP) is 4.74. The molecule has 0 radical (unpaired) electrons. The van der Waals surface area contributed by atoms with Gasteiger partial charge in [-0.2, -0.15) is 0 Å². The van der Waals surface area contributed by atoms with Crippen molar-refractivity contribution >= 4 is 39.3 Å². The lowest BCUT2D eigenvalue weighted by Crippen LogP contribution is -2.13. The molecule has 1 aromatic heterocycles. The van der Waals surface area contributed by atoms with Gasteiger partial charge in [0, 0.05) is 29.9 Å². The summed E-state index contributed by atoms with van der Waals surface area (Å²) >= 11 is 4.69. The molecule has 1 amide bonds. The van der Waals surface area contributed by atoms with Crippen molar-refractivity contribution in [2.75, 3.05) is 19.5 Å². The van der Waals surface area contributed by atoms with Gasteiger partial charge in [0.15, 0.2) is 5.16 Å². The molecule has 28 heavy (non-hydrogen) atoms. The number of aryl methyl sites for hydroxylation is 1. The molecule has 2 aromatic carbocycles. The minimum Gasteiger partial charge on any atom is -0.495 e. The number of anilines is 1. The van der Waals surface area contributed by atoms with Crippen molar-refractivity contribution in [1.29, 1.82) is 0 Å². The first-order valence-electron chi connectivity index (χ1n) is 8.10. The Hall–Kier alpha value is -2.52. The number of hydrogen-bond donors (Lipinski definition) is 1. The highest BCUT2D eigenvalue weighted by Gasteiger charge is 2.17. The summed E-state index contributed by atoms with van der Waals surface area (Å²) in [6.45, 7) is 0. The van der Waals surface area contributed by atoms with E-state index in [2.05, 4.69) is 26.2 Å². The third kappa shape index (κ3) is 4.31. The third-order valence-electron chi connectivity index (χ3n) is 3.88. The lowest BCUT2D eigenvalue weighted by Gasteiger charge is -2.13. The van der Waals surface area contributed by atoms with E-state index in [1.165, 1.54) is 38.1 Å². The number of amides is 1. The molecule has 0 spiro atoms. The van der Waals surface area contributed by atoms with Gasteiger partial charge in [0.1, 0.15) is 21.8 Å². The molecule has 3 aromatic rings. The molecule has 1 N–H and O–H groups in total. The van der Waals surface area contributed by atoms with Crippen molar-refractivity contribution in [1.82, 2.24) is 9.55 Å². The Labute approximate surface area is 174 Å². The number of methoxy groups -OCH3 is 2. The number of carbonyl (C=O) groups excluding carboxylic acids is 1. The topological polar surface area (TPSA) is 65.4 Å². The molecule has 0 fully saturated rings. The van der Waals surface area contributed by atoms with Gasteiger partial charge in [-0.3, -0.25) is 4.79 Å². The van der Waals surface area contributed by atoms with Crippen LogP contribution >= 0.6 is 27.7 Å². The average molecular weight is 466 g/mol. The molecule has 146 valence electrons. The van der Waals surface area contributed by atoms with Crippen molar-refractivity contribution < 1.29 is 18.7 Å². The second kappa shape index (κ2) is 8.66. The number of carbonyl (C=O) groups is 1. The Kier molecular flexibility index (Phi) is 6.25.